The van der Waals surface area contributed by atoms with Crippen LogP contribution >= 0.6 is 0 Å². The molecule has 0 aliphatic carbocycles. The lowest BCUT2D eigenvalue weighted by Crippen LogP contribution is -2.43. The molecule has 1 aliphatic heterocycles. The molecular formula is C30H28N4O4. The number of benzene rings is 3. The number of hydrogen-bond donors (Lipinski definition) is 2. The quantitative estimate of drug-likeness (QED) is 0.301. The molecule has 192 valence electrons. The highest BCUT2D eigenvalue weighted by Gasteiger charge is 2.34. The molecule has 0 amide bonds. The highest BCUT2D eigenvalue weighted by Crippen LogP contribution is 2.35. The summed E-state index contributed by atoms with van der Waals surface area (Å²) in [5, 5.41) is 17.2. The number of nitrogen functional groups attached to an aromatic ring is 1. The van der Waals surface area contributed by atoms with Crippen molar-refractivity contribution in [3.63, 3.8) is 0 Å². The summed E-state index contributed by atoms with van der Waals surface area (Å²) in [7, 11) is 0. The van der Waals surface area contributed by atoms with Gasteiger partial charge in [0.15, 0.2) is 0 Å². The number of carbonyl (C=O) groups is 1. The molecule has 2 aromatic heterocycles. The van der Waals surface area contributed by atoms with Crippen molar-refractivity contribution in [1.82, 2.24) is 14.8 Å². The van der Waals surface area contributed by atoms with Crippen LogP contribution in [0.2, 0.25) is 0 Å². The fraction of sp³-hybridized carbons (Fsp3) is 0.233. The van der Waals surface area contributed by atoms with Crippen LogP contribution in [0.5, 0.6) is 5.75 Å². The zero-order valence-corrected chi connectivity index (χ0v) is 21.1. The fourth-order valence-corrected chi connectivity index (χ4v) is 5.12. The van der Waals surface area contributed by atoms with Crippen LogP contribution in [0.25, 0.3) is 32.8 Å². The van der Waals surface area contributed by atoms with Gasteiger partial charge in [-0.25, -0.2) is 4.98 Å². The van der Waals surface area contributed by atoms with Crippen molar-refractivity contribution < 1.29 is 19.4 Å². The summed E-state index contributed by atoms with van der Waals surface area (Å²) in [4.78, 5) is 15.6. The number of carboxylic acids is 1. The number of ether oxygens (including phenoxy) is 2. The number of rotatable bonds is 8. The SMILES string of the molecule is CC1(Cn2nc(COc3ccccc3CC(=O)O)c3cc(-c4cccc5c(N)nccc45)ccc32)COC1. The van der Waals surface area contributed by atoms with Crippen molar-refractivity contribution in [1.29, 1.82) is 0 Å². The number of nitrogens with two attached hydrogens (primary N) is 1. The molecule has 0 unspecified atom stereocenters. The van der Waals surface area contributed by atoms with Crippen LogP contribution in [0.1, 0.15) is 18.2 Å². The minimum atomic E-state index is -0.901. The largest absolute Gasteiger partial charge is 0.487 e. The maximum atomic E-state index is 11.3. The van der Waals surface area contributed by atoms with E-state index in [1.165, 1.54) is 0 Å². The number of aromatic nitrogens is 3. The predicted octanol–water partition coefficient (Wildman–Crippen LogP) is 5.08. The first-order chi connectivity index (χ1) is 18.4. The molecule has 0 atom stereocenters. The van der Waals surface area contributed by atoms with E-state index in [0.29, 0.717) is 30.3 Å². The third-order valence-electron chi connectivity index (χ3n) is 7.09. The number of aliphatic carboxylic acids is 1. The zero-order valence-electron chi connectivity index (χ0n) is 21.1. The number of anilines is 1. The lowest BCUT2D eigenvalue weighted by Gasteiger charge is -2.37. The molecule has 0 spiro atoms. The summed E-state index contributed by atoms with van der Waals surface area (Å²) in [5.74, 6) is 0.149. The van der Waals surface area contributed by atoms with Crippen molar-refractivity contribution in [3.8, 4) is 16.9 Å². The van der Waals surface area contributed by atoms with Crippen molar-refractivity contribution in [2.75, 3.05) is 18.9 Å². The Morgan fingerprint density at radius 2 is 1.92 bits per heavy atom. The first kappa shape index (κ1) is 23.9. The fourth-order valence-electron chi connectivity index (χ4n) is 5.12. The standard InChI is InChI=1S/C30H28N4O4/c1-30(17-37-18-30)16-34-26-10-9-19(21-6-4-7-23-22(21)11-12-32-29(23)31)13-24(26)25(33-34)15-38-27-8-3-2-5-20(27)14-28(35)36/h2-13H,14-18H2,1H3,(H2,31,32)(H,35,36). The van der Waals surface area contributed by atoms with Gasteiger partial charge in [0, 0.05) is 27.9 Å². The van der Waals surface area contributed by atoms with Crippen LogP contribution in [0.15, 0.2) is 72.9 Å². The molecule has 1 saturated heterocycles. The molecule has 1 aliphatic rings. The predicted molar refractivity (Wildman–Crippen MR) is 146 cm³/mol. The molecular weight excluding hydrogens is 480 g/mol. The van der Waals surface area contributed by atoms with Crippen LogP contribution in [-0.2, 0) is 29.1 Å². The van der Waals surface area contributed by atoms with Crippen LogP contribution < -0.4 is 10.5 Å². The smallest absolute Gasteiger partial charge is 0.307 e. The van der Waals surface area contributed by atoms with E-state index in [2.05, 4.69) is 36.2 Å². The minimum Gasteiger partial charge on any atom is -0.487 e. The van der Waals surface area contributed by atoms with Gasteiger partial charge in [-0.2, -0.15) is 5.10 Å². The lowest BCUT2D eigenvalue weighted by atomic mass is 9.89. The Balaban J connectivity index is 1.42. The molecule has 3 N–H and O–H groups in total. The summed E-state index contributed by atoms with van der Waals surface area (Å²) in [6.07, 6.45) is 1.62. The van der Waals surface area contributed by atoms with Gasteiger partial charge in [0.2, 0.25) is 0 Å². The number of nitrogens with zero attached hydrogens (tertiary/aromatic N) is 3. The second kappa shape index (κ2) is 9.46. The van der Waals surface area contributed by atoms with E-state index in [4.69, 9.17) is 20.3 Å². The van der Waals surface area contributed by atoms with E-state index < -0.39 is 5.97 Å². The van der Waals surface area contributed by atoms with Gasteiger partial charge in [-0.05, 0) is 40.8 Å². The number of hydrogen-bond acceptors (Lipinski definition) is 6. The monoisotopic (exact) mass is 508 g/mol. The van der Waals surface area contributed by atoms with Crippen LogP contribution in [-0.4, -0.2) is 39.1 Å². The molecule has 5 aromatic rings. The van der Waals surface area contributed by atoms with Gasteiger partial charge in [-0.3, -0.25) is 9.48 Å². The van der Waals surface area contributed by atoms with Gasteiger partial charge in [0.05, 0.1) is 31.7 Å². The van der Waals surface area contributed by atoms with Crippen molar-refractivity contribution in [2.45, 2.75) is 26.5 Å². The molecule has 6 rings (SSSR count). The highest BCUT2D eigenvalue weighted by molar-refractivity contribution is 6.02. The Labute approximate surface area is 219 Å². The molecule has 3 aromatic carbocycles. The first-order valence-corrected chi connectivity index (χ1v) is 12.5. The Morgan fingerprint density at radius 1 is 1.08 bits per heavy atom. The molecule has 38 heavy (non-hydrogen) atoms. The van der Waals surface area contributed by atoms with Gasteiger partial charge < -0.3 is 20.3 Å². The Hall–Kier alpha value is -4.43. The summed E-state index contributed by atoms with van der Waals surface area (Å²) >= 11 is 0. The number of carboxylic acid groups (broad SMARTS) is 1. The number of para-hydroxylation sites is 1. The average Bonchev–Trinajstić information content (AvgIpc) is 3.23. The van der Waals surface area contributed by atoms with Crippen LogP contribution in [0.3, 0.4) is 0 Å². The third-order valence-corrected chi connectivity index (χ3v) is 7.09. The first-order valence-electron chi connectivity index (χ1n) is 12.5. The van der Waals surface area contributed by atoms with Gasteiger partial charge in [0.1, 0.15) is 23.9 Å². The van der Waals surface area contributed by atoms with Crippen molar-refractivity contribution in [3.05, 3.63) is 84.2 Å². The van der Waals surface area contributed by atoms with Crippen molar-refractivity contribution in [2.24, 2.45) is 5.41 Å². The van der Waals surface area contributed by atoms with Gasteiger partial charge in [-0.15, -0.1) is 0 Å². The Kier molecular flexibility index (Phi) is 5.96. The van der Waals surface area contributed by atoms with Crippen molar-refractivity contribution >= 4 is 33.5 Å². The zero-order chi connectivity index (χ0) is 26.3. The number of pyridine rings is 1. The maximum absolute atomic E-state index is 11.3. The second-order valence-corrected chi connectivity index (χ2v) is 10.2. The van der Waals surface area contributed by atoms with E-state index >= 15 is 0 Å². The topological polar surface area (TPSA) is 112 Å². The highest BCUT2D eigenvalue weighted by atomic mass is 16.5. The average molecular weight is 509 g/mol. The van der Waals surface area contributed by atoms with E-state index in [0.717, 1.165) is 45.0 Å². The maximum Gasteiger partial charge on any atom is 0.307 e. The lowest BCUT2D eigenvalue weighted by molar-refractivity contribution is -0.136. The second-order valence-electron chi connectivity index (χ2n) is 10.2. The van der Waals surface area contributed by atoms with Crippen LogP contribution in [0, 0.1) is 5.41 Å². The Bertz CT molecular complexity index is 1670. The molecule has 3 heterocycles. The number of fused-ring (bicyclic) bond motifs is 2. The normalized spacial score (nSPS) is 14.4. The summed E-state index contributed by atoms with van der Waals surface area (Å²) in [6, 6.07) is 21.6. The molecule has 0 saturated carbocycles. The van der Waals surface area contributed by atoms with Gasteiger partial charge >= 0.3 is 5.97 Å². The molecule has 8 nitrogen and oxygen atoms in total. The van der Waals surface area contributed by atoms with E-state index in [1.54, 1.807) is 18.3 Å². The summed E-state index contributed by atoms with van der Waals surface area (Å²) in [6.45, 7) is 4.54. The van der Waals surface area contributed by atoms with E-state index in [1.807, 2.05) is 35.0 Å². The Morgan fingerprint density at radius 3 is 2.71 bits per heavy atom. The third kappa shape index (κ3) is 4.43. The summed E-state index contributed by atoms with van der Waals surface area (Å²) < 4.78 is 13.7. The van der Waals surface area contributed by atoms with Gasteiger partial charge in [-0.1, -0.05) is 49.4 Å². The summed E-state index contributed by atoms with van der Waals surface area (Å²) in [5.41, 5.74) is 10.7. The van der Waals surface area contributed by atoms with Crippen LogP contribution in [0.4, 0.5) is 5.82 Å². The van der Waals surface area contributed by atoms with E-state index in [9.17, 15) is 9.90 Å². The molecule has 0 bridgehead atoms. The minimum absolute atomic E-state index is 0.0317. The molecule has 1 fully saturated rings. The van der Waals surface area contributed by atoms with Gasteiger partial charge in [0.25, 0.3) is 0 Å². The molecule has 0 radical (unpaired) electrons. The van der Waals surface area contributed by atoms with E-state index in [-0.39, 0.29) is 18.4 Å². The molecule has 8 heteroatoms.